The fourth-order valence-electron chi connectivity index (χ4n) is 2.01. The van der Waals surface area contributed by atoms with Gasteiger partial charge in [0.25, 0.3) is 0 Å². The molecular weight excluding hydrogens is 256 g/mol. The summed E-state index contributed by atoms with van der Waals surface area (Å²) in [5, 5.41) is 3.89. The molecule has 1 N–H and O–H groups in total. The van der Waals surface area contributed by atoms with Crippen molar-refractivity contribution in [3.63, 3.8) is 0 Å². The van der Waals surface area contributed by atoms with Crippen LogP contribution in [-0.2, 0) is 14.3 Å². The number of rotatable bonds is 2. The van der Waals surface area contributed by atoms with Crippen molar-refractivity contribution in [2.45, 2.75) is 38.7 Å². The van der Waals surface area contributed by atoms with E-state index in [-0.39, 0.29) is 24.0 Å². The zero-order chi connectivity index (χ0) is 14.8. The molecule has 5 heteroatoms. The zero-order valence-corrected chi connectivity index (χ0v) is 11.8. The third kappa shape index (κ3) is 3.44. The molecule has 1 heterocycles. The van der Waals surface area contributed by atoms with Gasteiger partial charge in [0.05, 0.1) is 0 Å². The summed E-state index contributed by atoms with van der Waals surface area (Å²) in [6.07, 6.45) is 0.197. The summed E-state index contributed by atoms with van der Waals surface area (Å²) >= 11 is 0. The molecule has 5 nitrogen and oxygen atoms in total. The van der Waals surface area contributed by atoms with Crippen molar-refractivity contribution in [3.05, 3.63) is 35.9 Å². The lowest BCUT2D eigenvalue weighted by Gasteiger charge is -2.25. The van der Waals surface area contributed by atoms with Crippen molar-refractivity contribution in [3.8, 4) is 0 Å². The Bertz CT molecular complexity index is 544. The summed E-state index contributed by atoms with van der Waals surface area (Å²) in [4.78, 5) is 23.7. The molecule has 106 valence electrons. The molecule has 1 aliphatic rings. The molecule has 0 unspecified atom stereocenters. The van der Waals surface area contributed by atoms with Gasteiger partial charge >= 0.3 is 5.97 Å². The number of ether oxygens (including phenoxy) is 1. The van der Waals surface area contributed by atoms with Gasteiger partial charge in [0, 0.05) is 12.3 Å². The number of amides is 1. The Hall–Kier alpha value is -2.17. The number of esters is 1. The second-order valence-electron chi connectivity index (χ2n) is 5.70. The highest BCUT2D eigenvalue weighted by Crippen LogP contribution is 2.25. The van der Waals surface area contributed by atoms with E-state index in [1.165, 1.54) is 0 Å². The number of benzene rings is 1. The third-order valence-corrected chi connectivity index (χ3v) is 2.83. The molecule has 1 amide bonds. The molecule has 0 aromatic heterocycles. The van der Waals surface area contributed by atoms with Crippen molar-refractivity contribution in [2.24, 2.45) is 5.10 Å². The molecule has 0 saturated heterocycles. The third-order valence-electron chi connectivity index (χ3n) is 2.83. The number of hydrazone groups is 1. The van der Waals surface area contributed by atoms with E-state index in [0.717, 1.165) is 5.56 Å². The van der Waals surface area contributed by atoms with Gasteiger partial charge in [-0.1, -0.05) is 30.3 Å². The predicted molar refractivity (Wildman–Crippen MR) is 75.2 cm³/mol. The first kappa shape index (κ1) is 14.2. The van der Waals surface area contributed by atoms with Crippen LogP contribution in [0.15, 0.2) is 35.4 Å². The van der Waals surface area contributed by atoms with Crippen molar-refractivity contribution >= 4 is 17.6 Å². The summed E-state index contributed by atoms with van der Waals surface area (Å²) in [6, 6.07) is 9.38. The number of carbonyl (C=O) groups excluding carboxylic acids is 2. The molecule has 1 aromatic rings. The Balaban J connectivity index is 2.29. The van der Waals surface area contributed by atoms with Crippen LogP contribution in [0.2, 0.25) is 0 Å². The molecule has 0 spiro atoms. The standard InChI is InChI=1S/C15H18N2O3/c1-15(2,3)20-14(19)13-11(9-12(18)16-17-13)10-7-5-4-6-8-10/h4-8,11H,9H2,1-3H3,(H,16,18)/t11-/m0/s1. The molecule has 0 fully saturated rings. The maximum Gasteiger partial charge on any atom is 0.355 e. The lowest BCUT2D eigenvalue weighted by molar-refractivity contribution is -0.146. The fourth-order valence-corrected chi connectivity index (χ4v) is 2.01. The van der Waals surface area contributed by atoms with E-state index < -0.39 is 11.6 Å². The number of hydrogen-bond donors (Lipinski definition) is 1. The second-order valence-corrected chi connectivity index (χ2v) is 5.70. The molecule has 0 radical (unpaired) electrons. The highest BCUT2D eigenvalue weighted by atomic mass is 16.6. The van der Waals surface area contributed by atoms with Crippen molar-refractivity contribution < 1.29 is 14.3 Å². The lowest BCUT2D eigenvalue weighted by atomic mass is 9.89. The summed E-state index contributed by atoms with van der Waals surface area (Å²) in [5.41, 5.74) is 2.87. The Morgan fingerprint density at radius 3 is 2.55 bits per heavy atom. The number of hydrogen-bond acceptors (Lipinski definition) is 4. The Morgan fingerprint density at radius 1 is 1.30 bits per heavy atom. The molecule has 0 saturated carbocycles. The lowest BCUT2D eigenvalue weighted by Crippen LogP contribution is -2.39. The monoisotopic (exact) mass is 274 g/mol. The minimum Gasteiger partial charge on any atom is -0.455 e. The Labute approximate surface area is 118 Å². The molecule has 1 atom stereocenters. The van der Waals surface area contributed by atoms with E-state index in [0.29, 0.717) is 0 Å². The van der Waals surface area contributed by atoms with E-state index >= 15 is 0 Å². The van der Waals surface area contributed by atoms with Crippen LogP contribution in [0.1, 0.15) is 38.7 Å². The largest absolute Gasteiger partial charge is 0.455 e. The molecule has 0 bridgehead atoms. The Morgan fingerprint density at radius 2 is 1.95 bits per heavy atom. The van der Waals surface area contributed by atoms with Gasteiger partial charge in [-0.25, -0.2) is 10.2 Å². The predicted octanol–water partition coefficient (Wildman–Crippen LogP) is 1.99. The van der Waals surface area contributed by atoms with Crippen molar-refractivity contribution in [2.75, 3.05) is 0 Å². The average molecular weight is 274 g/mol. The summed E-state index contributed by atoms with van der Waals surface area (Å²) < 4.78 is 5.34. The first-order valence-electron chi connectivity index (χ1n) is 6.51. The quantitative estimate of drug-likeness (QED) is 0.839. The highest BCUT2D eigenvalue weighted by molar-refractivity contribution is 6.39. The molecule has 0 aliphatic carbocycles. The molecule has 2 rings (SSSR count). The summed E-state index contributed by atoms with van der Waals surface area (Å²) in [7, 11) is 0. The van der Waals surface area contributed by atoms with Crippen LogP contribution in [0, 0.1) is 0 Å². The maximum atomic E-state index is 12.2. The van der Waals surface area contributed by atoms with Gasteiger partial charge in [0.1, 0.15) is 5.60 Å². The van der Waals surface area contributed by atoms with Gasteiger partial charge < -0.3 is 4.74 Å². The van der Waals surface area contributed by atoms with Crippen LogP contribution in [0.3, 0.4) is 0 Å². The van der Waals surface area contributed by atoms with Crippen LogP contribution >= 0.6 is 0 Å². The van der Waals surface area contributed by atoms with Crippen molar-refractivity contribution in [1.29, 1.82) is 0 Å². The van der Waals surface area contributed by atoms with Gasteiger partial charge in [0.2, 0.25) is 5.91 Å². The van der Waals surface area contributed by atoms with E-state index in [1.54, 1.807) is 20.8 Å². The first-order chi connectivity index (χ1) is 9.37. The van der Waals surface area contributed by atoms with Crippen molar-refractivity contribution in [1.82, 2.24) is 5.43 Å². The number of carbonyl (C=O) groups is 2. The molecule has 1 aliphatic heterocycles. The van der Waals surface area contributed by atoms with Gasteiger partial charge in [-0.3, -0.25) is 4.79 Å². The van der Waals surface area contributed by atoms with Gasteiger partial charge in [-0.05, 0) is 26.3 Å². The van der Waals surface area contributed by atoms with Crippen LogP contribution in [0.4, 0.5) is 0 Å². The van der Waals surface area contributed by atoms with Crippen LogP contribution in [0.25, 0.3) is 0 Å². The van der Waals surface area contributed by atoms with Gasteiger partial charge in [0.15, 0.2) is 5.71 Å². The van der Waals surface area contributed by atoms with E-state index in [9.17, 15) is 9.59 Å². The van der Waals surface area contributed by atoms with Crippen LogP contribution < -0.4 is 5.43 Å². The zero-order valence-electron chi connectivity index (χ0n) is 11.8. The minimum atomic E-state index is -0.595. The van der Waals surface area contributed by atoms with E-state index in [1.807, 2.05) is 30.3 Å². The summed E-state index contributed by atoms with van der Waals surface area (Å²) in [6.45, 7) is 5.39. The topological polar surface area (TPSA) is 67.8 Å². The summed E-state index contributed by atoms with van der Waals surface area (Å²) in [5.74, 6) is -1.06. The smallest absolute Gasteiger partial charge is 0.355 e. The first-order valence-corrected chi connectivity index (χ1v) is 6.51. The second kappa shape index (κ2) is 5.45. The fraction of sp³-hybridized carbons (Fsp3) is 0.400. The van der Waals surface area contributed by atoms with Gasteiger partial charge in [-0.2, -0.15) is 5.10 Å². The molecule has 1 aromatic carbocycles. The minimum absolute atomic E-state index is 0.197. The van der Waals surface area contributed by atoms with Gasteiger partial charge in [-0.15, -0.1) is 0 Å². The SMILES string of the molecule is CC(C)(C)OC(=O)C1=NNC(=O)C[C@H]1c1ccccc1. The van der Waals surface area contributed by atoms with Crippen LogP contribution in [0.5, 0.6) is 0 Å². The van der Waals surface area contributed by atoms with E-state index in [2.05, 4.69) is 10.5 Å². The normalized spacial score (nSPS) is 19.1. The number of nitrogens with one attached hydrogen (secondary N) is 1. The average Bonchev–Trinajstić information content (AvgIpc) is 2.37. The van der Waals surface area contributed by atoms with Crippen LogP contribution in [-0.4, -0.2) is 23.2 Å². The molecule has 20 heavy (non-hydrogen) atoms. The Kier molecular flexibility index (Phi) is 3.88. The van der Waals surface area contributed by atoms with E-state index in [4.69, 9.17) is 4.74 Å². The molecular formula is C15H18N2O3. The highest BCUT2D eigenvalue weighted by Gasteiger charge is 2.33. The number of nitrogens with zero attached hydrogens (tertiary/aromatic N) is 1. The maximum absolute atomic E-state index is 12.2.